The number of carbonyl (C=O) groups is 2. The van der Waals surface area contributed by atoms with E-state index in [9.17, 15) is 14.0 Å². The summed E-state index contributed by atoms with van der Waals surface area (Å²) in [6.07, 6.45) is 0.493. The molecular weight excluding hydrogens is 357 g/mol. The van der Waals surface area contributed by atoms with Crippen molar-refractivity contribution >= 4 is 28.1 Å². The van der Waals surface area contributed by atoms with Gasteiger partial charge in [0.1, 0.15) is 5.82 Å². The van der Waals surface area contributed by atoms with E-state index in [-0.39, 0.29) is 11.9 Å². The topological polar surface area (TPSA) is 88.4 Å². The predicted octanol–water partition coefficient (Wildman–Crippen LogP) is 1.78. The summed E-state index contributed by atoms with van der Waals surface area (Å²) in [6.45, 7) is 3.87. The largest absolute Gasteiger partial charge is 0.347 e. The number of thiazole rings is 1. The molecule has 2 aromatic heterocycles. The molecule has 0 unspecified atom stereocenters. The van der Waals surface area contributed by atoms with Gasteiger partial charge in [0.25, 0.3) is 0 Å². The van der Waals surface area contributed by atoms with Crippen LogP contribution in [0.5, 0.6) is 0 Å². The number of aromatic nitrogens is 3. The van der Waals surface area contributed by atoms with Crippen LogP contribution in [0.2, 0.25) is 0 Å². The molecule has 0 saturated heterocycles. The average molecular weight is 375 g/mol. The number of hydrogen-bond acceptors (Lipinski definition) is 5. The SMILES string of the molecule is CC(C)NC(=O)C(=O)NCCc1csc2nc(-c3cccc(F)c3)nn12. The second kappa shape index (κ2) is 7.61. The van der Waals surface area contributed by atoms with Gasteiger partial charge < -0.3 is 10.6 Å². The number of halogens is 1. The lowest BCUT2D eigenvalue weighted by Gasteiger charge is -2.08. The van der Waals surface area contributed by atoms with Crippen LogP contribution in [0.1, 0.15) is 19.5 Å². The van der Waals surface area contributed by atoms with Crippen molar-refractivity contribution in [2.24, 2.45) is 0 Å². The van der Waals surface area contributed by atoms with Gasteiger partial charge in [-0.15, -0.1) is 16.4 Å². The highest BCUT2D eigenvalue weighted by molar-refractivity contribution is 7.15. The van der Waals surface area contributed by atoms with E-state index in [0.717, 1.165) is 5.69 Å². The van der Waals surface area contributed by atoms with Crippen LogP contribution in [-0.2, 0) is 16.0 Å². The lowest BCUT2D eigenvalue weighted by Crippen LogP contribution is -2.43. The highest BCUT2D eigenvalue weighted by atomic mass is 32.1. The molecule has 0 atom stereocenters. The van der Waals surface area contributed by atoms with E-state index in [2.05, 4.69) is 20.7 Å². The molecule has 0 saturated carbocycles. The standard InChI is InChI=1S/C17H18FN5O2S/c1-10(2)20-16(25)15(24)19-7-6-13-9-26-17-21-14(22-23(13)17)11-4-3-5-12(18)8-11/h3-5,8-10H,6-7H2,1-2H3,(H,19,24)(H,20,25). The maximum absolute atomic E-state index is 13.4. The fourth-order valence-corrected chi connectivity index (χ4v) is 3.21. The molecule has 9 heteroatoms. The van der Waals surface area contributed by atoms with Crippen molar-refractivity contribution in [1.82, 2.24) is 25.2 Å². The highest BCUT2D eigenvalue weighted by Gasteiger charge is 2.15. The van der Waals surface area contributed by atoms with Crippen LogP contribution < -0.4 is 10.6 Å². The Morgan fingerprint density at radius 3 is 2.85 bits per heavy atom. The van der Waals surface area contributed by atoms with Crippen molar-refractivity contribution in [3.63, 3.8) is 0 Å². The number of nitrogens with zero attached hydrogens (tertiary/aromatic N) is 3. The van der Waals surface area contributed by atoms with E-state index in [1.54, 1.807) is 30.5 Å². The minimum atomic E-state index is -0.663. The first-order valence-electron chi connectivity index (χ1n) is 8.12. The Morgan fingerprint density at radius 2 is 2.12 bits per heavy atom. The number of hydrogen-bond donors (Lipinski definition) is 2. The molecule has 0 aliphatic heterocycles. The van der Waals surface area contributed by atoms with Crippen LogP contribution >= 0.6 is 11.3 Å². The summed E-state index contributed by atoms with van der Waals surface area (Å²) in [5.74, 6) is -1.21. The van der Waals surface area contributed by atoms with Crippen molar-refractivity contribution in [2.45, 2.75) is 26.3 Å². The fourth-order valence-electron chi connectivity index (χ4n) is 2.36. The van der Waals surface area contributed by atoms with Gasteiger partial charge in [-0.25, -0.2) is 8.91 Å². The lowest BCUT2D eigenvalue weighted by atomic mass is 10.2. The van der Waals surface area contributed by atoms with Gasteiger partial charge in [-0.05, 0) is 26.0 Å². The summed E-state index contributed by atoms with van der Waals surface area (Å²) in [5, 5.41) is 11.4. The monoisotopic (exact) mass is 375 g/mol. The van der Waals surface area contributed by atoms with Crippen molar-refractivity contribution < 1.29 is 14.0 Å². The van der Waals surface area contributed by atoms with Crippen LogP contribution in [0.15, 0.2) is 29.6 Å². The quantitative estimate of drug-likeness (QED) is 0.666. The maximum atomic E-state index is 13.4. The van der Waals surface area contributed by atoms with Gasteiger partial charge in [-0.2, -0.15) is 4.98 Å². The lowest BCUT2D eigenvalue weighted by molar-refractivity contribution is -0.139. The molecule has 0 radical (unpaired) electrons. The van der Waals surface area contributed by atoms with Crippen molar-refractivity contribution in [1.29, 1.82) is 0 Å². The van der Waals surface area contributed by atoms with E-state index in [1.807, 2.05) is 5.38 Å². The Kier molecular flexibility index (Phi) is 5.27. The normalized spacial score (nSPS) is 11.1. The Morgan fingerprint density at radius 1 is 1.31 bits per heavy atom. The summed E-state index contributed by atoms with van der Waals surface area (Å²) >= 11 is 1.41. The van der Waals surface area contributed by atoms with E-state index < -0.39 is 11.8 Å². The van der Waals surface area contributed by atoms with Crippen LogP contribution in [0, 0.1) is 5.82 Å². The minimum Gasteiger partial charge on any atom is -0.347 e. The Balaban J connectivity index is 1.66. The molecule has 26 heavy (non-hydrogen) atoms. The molecule has 0 aliphatic carbocycles. The van der Waals surface area contributed by atoms with Crippen molar-refractivity contribution in [3.8, 4) is 11.4 Å². The van der Waals surface area contributed by atoms with E-state index in [4.69, 9.17) is 0 Å². The Labute approximate surface area is 153 Å². The van der Waals surface area contributed by atoms with Crippen LogP contribution in [0.3, 0.4) is 0 Å². The second-order valence-corrected chi connectivity index (χ2v) is 6.84. The molecule has 2 heterocycles. The van der Waals surface area contributed by atoms with Crippen LogP contribution in [-0.4, -0.2) is 39.0 Å². The second-order valence-electron chi connectivity index (χ2n) is 6.00. The maximum Gasteiger partial charge on any atom is 0.309 e. The summed E-state index contributed by atoms with van der Waals surface area (Å²) in [7, 11) is 0. The molecule has 3 aromatic rings. The molecule has 0 spiro atoms. The van der Waals surface area contributed by atoms with E-state index in [1.165, 1.54) is 23.5 Å². The number of carbonyl (C=O) groups excluding carboxylic acids is 2. The molecule has 0 bridgehead atoms. The average Bonchev–Trinajstić information content (AvgIpc) is 3.15. The molecule has 2 amide bonds. The van der Waals surface area contributed by atoms with Gasteiger partial charge in [0.2, 0.25) is 4.96 Å². The van der Waals surface area contributed by atoms with Crippen LogP contribution in [0.4, 0.5) is 4.39 Å². The zero-order chi connectivity index (χ0) is 18.7. The number of benzene rings is 1. The summed E-state index contributed by atoms with van der Waals surface area (Å²) in [4.78, 5) is 28.4. The zero-order valence-corrected chi connectivity index (χ0v) is 15.1. The molecule has 1 aromatic carbocycles. The zero-order valence-electron chi connectivity index (χ0n) is 14.3. The molecule has 2 N–H and O–H groups in total. The predicted molar refractivity (Wildman–Crippen MR) is 96.3 cm³/mol. The number of amides is 2. The summed E-state index contributed by atoms with van der Waals surface area (Å²) in [5.41, 5.74) is 1.45. The van der Waals surface area contributed by atoms with E-state index in [0.29, 0.717) is 29.3 Å². The smallest absolute Gasteiger partial charge is 0.309 e. The molecule has 7 nitrogen and oxygen atoms in total. The molecule has 0 aliphatic rings. The van der Waals surface area contributed by atoms with E-state index >= 15 is 0 Å². The molecule has 3 rings (SSSR count). The Hall–Kier alpha value is -2.81. The highest BCUT2D eigenvalue weighted by Crippen LogP contribution is 2.21. The number of fused-ring (bicyclic) bond motifs is 1. The molecule has 0 fully saturated rings. The van der Waals surface area contributed by atoms with Crippen molar-refractivity contribution in [3.05, 3.63) is 41.2 Å². The van der Waals surface area contributed by atoms with Gasteiger partial charge in [0, 0.05) is 30.0 Å². The van der Waals surface area contributed by atoms with Gasteiger partial charge in [0.05, 0.1) is 5.69 Å². The third kappa shape index (κ3) is 4.05. The van der Waals surface area contributed by atoms with Gasteiger partial charge >= 0.3 is 11.8 Å². The Bertz CT molecular complexity index is 950. The van der Waals surface area contributed by atoms with Gasteiger partial charge in [0.15, 0.2) is 5.82 Å². The molecular formula is C17H18FN5O2S. The summed E-state index contributed by atoms with van der Waals surface area (Å²) in [6, 6.07) is 6.01. The first-order valence-corrected chi connectivity index (χ1v) is 9.00. The van der Waals surface area contributed by atoms with Crippen molar-refractivity contribution in [2.75, 3.05) is 6.54 Å². The number of nitrogens with one attached hydrogen (secondary N) is 2. The van der Waals surface area contributed by atoms with Gasteiger partial charge in [-0.3, -0.25) is 9.59 Å². The van der Waals surface area contributed by atoms with Gasteiger partial charge in [-0.1, -0.05) is 12.1 Å². The minimum absolute atomic E-state index is 0.0962. The third-order valence-electron chi connectivity index (χ3n) is 3.53. The summed E-state index contributed by atoms with van der Waals surface area (Å²) < 4.78 is 15.0. The number of rotatable bonds is 5. The third-order valence-corrected chi connectivity index (χ3v) is 4.39. The fraction of sp³-hybridized carbons (Fsp3) is 0.294. The van der Waals surface area contributed by atoms with Crippen LogP contribution in [0.25, 0.3) is 16.3 Å². The first kappa shape index (κ1) is 18.0. The molecule has 136 valence electrons. The first-order chi connectivity index (χ1) is 12.4.